The Morgan fingerprint density at radius 2 is 1.89 bits per heavy atom. The minimum atomic E-state index is -0.962. The minimum absolute atomic E-state index is 0.188. The van der Waals surface area contributed by atoms with Gasteiger partial charge in [0.2, 0.25) is 0 Å². The van der Waals surface area contributed by atoms with E-state index in [1.807, 2.05) is 36.4 Å². The summed E-state index contributed by atoms with van der Waals surface area (Å²) in [5.74, 6) is -0.367. The molecule has 2 aromatic rings. The van der Waals surface area contributed by atoms with E-state index >= 15 is 0 Å². The van der Waals surface area contributed by atoms with Crippen molar-refractivity contribution in [3.63, 3.8) is 0 Å². The van der Waals surface area contributed by atoms with E-state index in [9.17, 15) is 14.4 Å². The molecular weight excluding hydrogens is 366 g/mol. The van der Waals surface area contributed by atoms with E-state index in [0.717, 1.165) is 38.7 Å². The maximum atomic E-state index is 12.7. The van der Waals surface area contributed by atoms with Gasteiger partial charge in [-0.3, -0.25) is 14.5 Å². The Morgan fingerprint density at radius 3 is 2.56 bits per heavy atom. The maximum absolute atomic E-state index is 12.7. The number of amides is 2. The first kappa shape index (κ1) is 19.0. The van der Waals surface area contributed by atoms with Gasteiger partial charge in [-0.05, 0) is 48.7 Å². The zero-order chi connectivity index (χ0) is 19.6. The molecule has 6 nitrogen and oxygen atoms in total. The van der Waals surface area contributed by atoms with Crippen molar-refractivity contribution in [2.75, 3.05) is 13.7 Å². The van der Waals surface area contributed by atoms with Gasteiger partial charge < -0.3 is 9.47 Å². The Balaban J connectivity index is 1.97. The van der Waals surface area contributed by atoms with Crippen molar-refractivity contribution in [1.82, 2.24) is 4.90 Å². The lowest BCUT2D eigenvalue weighted by molar-refractivity contribution is -0.150. The molecule has 0 aromatic heterocycles. The monoisotopic (exact) mass is 385 g/mol. The van der Waals surface area contributed by atoms with Crippen LogP contribution >= 0.6 is 11.8 Å². The summed E-state index contributed by atoms with van der Waals surface area (Å²) in [6.07, 6.45) is 1.67. The lowest BCUT2D eigenvalue weighted by Crippen LogP contribution is -2.42. The van der Waals surface area contributed by atoms with E-state index in [0.29, 0.717) is 0 Å². The molecule has 1 fully saturated rings. The third-order valence-electron chi connectivity index (χ3n) is 4.26. The third-order valence-corrected chi connectivity index (χ3v) is 5.15. The zero-order valence-corrected chi connectivity index (χ0v) is 16.0. The molecule has 7 heteroatoms. The normalized spacial score (nSPS) is 16.9. The molecule has 1 aliphatic rings. The van der Waals surface area contributed by atoms with Gasteiger partial charge in [-0.1, -0.05) is 30.3 Å². The van der Waals surface area contributed by atoms with Crippen molar-refractivity contribution in [1.29, 1.82) is 0 Å². The number of benzene rings is 2. The van der Waals surface area contributed by atoms with Gasteiger partial charge in [0.25, 0.3) is 11.1 Å². The average molecular weight is 385 g/mol. The average Bonchev–Trinajstić information content (AvgIpc) is 2.95. The van der Waals surface area contributed by atoms with Crippen LogP contribution in [0.4, 0.5) is 4.79 Å². The van der Waals surface area contributed by atoms with E-state index < -0.39 is 23.2 Å². The van der Waals surface area contributed by atoms with E-state index in [-0.39, 0.29) is 11.5 Å². The molecule has 0 unspecified atom stereocenters. The van der Waals surface area contributed by atoms with Gasteiger partial charge in [0.1, 0.15) is 11.8 Å². The molecule has 3 rings (SSSR count). The number of methoxy groups -OCH3 is 1. The Labute approximate surface area is 161 Å². The SMILES string of the molecule is CCOC(=O)[C@@H](C)N1C(=O)S/C(=C\c2ccc(OC)c3ccccc23)C1=O. The van der Waals surface area contributed by atoms with Crippen molar-refractivity contribution in [3.05, 3.63) is 46.9 Å². The molecule has 2 aromatic carbocycles. The molecule has 1 heterocycles. The van der Waals surface area contributed by atoms with E-state index in [2.05, 4.69) is 0 Å². The number of imide groups is 1. The molecule has 27 heavy (non-hydrogen) atoms. The van der Waals surface area contributed by atoms with Crippen LogP contribution < -0.4 is 4.74 Å². The predicted octanol–water partition coefficient (Wildman–Crippen LogP) is 3.84. The maximum Gasteiger partial charge on any atom is 0.329 e. The lowest BCUT2D eigenvalue weighted by atomic mass is 10.0. The summed E-state index contributed by atoms with van der Waals surface area (Å²) in [6, 6.07) is 10.4. The number of nitrogens with zero attached hydrogens (tertiary/aromatic N) is 1. The molecule has 0 N–H and O–H groups in total. The topological polar surface area (TPSA) is 72.9 Å². The van der Waals surface area contributed by atoms with Crippen LogP contribution in [-0.4, -0.2) is 41.8 Å². The van der Waals surface area contributed by atoms with Crippen LogP contribution in [0.1, 0.15) is 19.4 Å². The molecule has 1 atom stereocenters. The van der Waals surface area contributed by atoms with Crippen molar-refractivity contribution in [2.24, 2.45) is 0 Å². The first-order chi connectivity index (χ1) is 13.0. The second-order valence-electron chi connectivity index (χ2n) is 5.88. The number of carbonyl (C=O) groups is 3. The third kappa shape index (κ3) is 3.55. The van der Waals surface area contributed by atoms with E-state index in [4.69, 9.17) is 9.47 Å². The smallest absolute Gasteiger partial charge is 0.329 e. The number of carbonyl (C=O) groups excluding carboxylic acids is 3. The number of fused-ring (bicyclic) bond motifs is 1. The van der Waals surface area contributed by atoms with Gasteiger partial charge in [-0.2, -0.15) is 0 Å². The summed E-state index contributed by atoms with van der Waals surface area (Å²) in [5, 5.41) is 1.33. The predicted molar refractivity (Wildman–Crippen MR) is 104 cm³/mol. The van der Waals surface area contributed by atoms with Gasteiger partial charge in [0.05, 0.1) is 18.6 Å². The highest BCUT2D eigenvalue weighted by atomic mass is 32.2. The Bertz CT molecular complexity index is 953. The minimum Gasteiger partial charge on any atom is -0.496 e. The fourth-order valence-corrected chi connectivity index (χ4v) is 3.82. The molecular formula is C20H19NO5S. The summed E-state index contributed by atoms with van der Waals surface area (Å²) in [5.41, 5.74) is 0.792. The first-order valence-corrected chi connectivity index (χ1v) is 9.29. The molecule has 0 spiro atoms. The van der Waals surface area contributed by atoms with Crippen LogP contribution in [0, 0.1) is 0 Å². The van der Waals surface area contributed by atoms with Crippen LogP contribution in [0.15, 0.2) is 41.3 Å². The Hall–Kier alpha value is -2.80. The molecule has 0 saturated carbocycles. The van der Waals surface area contributed by atoms with Crippen molar-refractivity contribution in [3.8, 4) is 5.75 Å². The van der Waals surface area contributed by atoms with E-state index in [1.165, 1.54) is 6.92 Å². The van der Waals surface area contributed by atoms with E-state index in [1.54, 1.807) is 20.1 Å². The summed E-state index contributed by atoms with van der Waals surface area (Å²) in [6.45, 7) is 3.35. The summed E-state index contributed by atoms with van der Waals surface area (Å²) < 4.78 is 10.3. The number of esters is 1. The van der Waals surface area contributed by atoms with Crippen LogP contribution in [0.5, 0.6) is 5.75 Å². The molecule has 2 amide bonds. The van der Waals surface area contributed by atoms with Crippen LogP contribution in [0.3, 0.4) is 0 Å². The number of hydrogen-bond donors (Lipinski definition) is 0. The molecule has 0 radical (unpaired) electrons. The van der Waals surface area contributed by atoms with Crippen LogP contribution in [0.2, 0.25) is 0 Å². The Morgan fingerprint density at radius 1 is 1.19 bits per heavy atom. The number of hydrogen-bond acceptors (Lipinski definition) is 6. The molecule has 1 saturated heterocycles. The van der Waals surface area contributed by atoms with Crippen LogP contribution in [0.25, 0.3) is 16.8 Å². The summed E-state index contributed by atoms with van der Waals surface area (Å²) in [7, 11) is 1.60. The van der Waals surface area contributed by atoms with Crippen LogP contribution in [-0.2, 0) is 14.3 Å². The Kier molecular flexibility index (Phi) is 5.51. The van der Waals surface area contributed by atoms with Gasteiger partial charge >= 0.3 is 5.97 Å². The highest BCUT2D eigenvalue weighted by molar-refractivity contribution is 8.18. The largest absolute Gasteiger partial charge is 0.496 e. The quantitative estimate of drug-likeness (QED) is 0.575. The number of ether oxygens (including phenoxy) is 2. The highest BCUT2D eigenvalue weighted by Gasteiger charge is 2.41. The standard InChI is InChI=1S/C20H19NO5S/c1-4-26-19(23)12(2)21-18(22)17(27-20(21)24)11-13-9-10-16(25-3)15-8-6-5-7-14(13)15/h5-12H,4H2,1-3H3/b17-11-/t12-/m1/s1. The van der Waals surface area contributed by atoms with Gasteiger partial charge in [-0.15, -0.1) is 0 Å². The van der Waals surface area contributed by atoms with Crippen molar-refractivity contribution >= 4 is 45.7 Å². The molecule has 0 aliphatic carbocycles. The molecule has 0 bridgehead atoms. The fraction of sp³-hybridized carbons (Fsp3) is 0.250. The summed E-state index contributed by atoms with van der Waals surface area (Å²) in [4.78, 5) is 38.1. The molecule has 140 valence electrons. The number of thioether (sulfide) groups is 1. The van der Waals surface area contributed by atoms with Gasteiger partial charge in [-0.25, -0.2) is 4.79 Å². The highest BCUT2D eigenvalue weighted by Crippen LogP contribution is 2.36. The number of rotatable bonds is 5. The summed E-state index contributed by atoms with van der Waals surface area (Å²) >= 11 is 0.818. The first-order valence-electron chi connectivity index (χ1n) is 8.47. The van der Waals surface area contributed by atoms with Crippen molar-refractivity contribution < 1.29 is 23.9 Å². The van der Waals surface area contributed by atoms with Gasteiger partial charge in [0.15, 0.2) is 0 Å². The second kappa shape index (κ2) is 7.84. The zero-order valence-electron chi connectivity index (χ0n) is 15.2. The fourth-order valence-electron chi connectivity index (χ4n) is 2.92. The second-order valence-corrected chi connectivity index (χ2v) is 6.88. The van der Waals surface area contributed by atoms with Gasteiger partial charge in [0, 0.05) is 5.39 Å². The van der Waals surface area contributed by atoms with Crippen molar-refractivity contribution in [2.45, 2.75) is 19.9 Å². The lowest BCUT2D eigenvalue weighted by Gasteiger charge is -2.19. The molecule has 1 aliphatic heterocycles.